The lowest BCUT2D eigenvalue weighted by atomic mass is 9.77. The van der Waals surface area contributed by atoms with Crippen LogP contribution in [0.4, 0.5) is 88.0 Å². The molecule has 17 rings (SSSR count). The second kappa shape index (κ2) is 40.7. The van der Waals surface area contributed by atoms with Gasteiger partial charge in [-0.2, -0.15) is 4.85 Å². The average Bonchev–Trinajstić information content (AvgIpc) is 1.77. The van der Waals surface area contributed by atoms with E-state index < -0.39 is 5.91 Å². The minimum atomic E-state index is -0.447. The third-order valence-corrected chi connectivity index (χ3v) is 28.0. The van der Waals surface area contributed by atoms with E-state index in [1.165, 1.54) is 63.1 Å². The molecule has 1 saturated carbocycles. The molecule has 133 heavy (non-hydrogen) atoms. The van der Waals surface area contributed by atoms with Gasteiger partial charge in [-0.3, -0.25) is 24.2 Å². The maximum absolute atomic E-state index is 12.9. The molecule has 0 atom stereocenters. The summed E-state index contributed by atoms with van der Waals surface area (Å²) in [6.45, 7) is 52.5. The highest BCUT2D eigenvalue weighted by Crippen LogP contribution is 2.49. The van der Waals surface area contributed by atoms with Gasteiger partial charge in [-0.25, -0.2) is 34.1 Å². The predicted octanol–water partition coefficient (Wildman–Crippen LogP) is 16.7. The van der Waals surface area contributed by atoms with E-state index in [1.54, 1.807) is 45.3 Å². The molecule has 4 aromatic heterocycles. The van der Waals surface area contributed by atoms with Gasteiger partial charge in [0, 0.05) is 191 Å². The van der Waals surface area contributed by atoms with Crippen molar-refractivity contribution in [3.63, 3.8) is 0 Å². The number of furan rings is 1. The van der Waals surface area contributed by atoms with E-state index in [0.717, 1.165) is 153 Å². The Morgan fingerprint density at radius 1 is 0.436 bits per heavy atom. The molecule has 35 nitrogen and oxygen atoms in total. The van der Waals surface area contributed by atoms with Gasteiger partial charge in [-0.05, 0) is 175 Å². The van der Waals surface area contributed by atoms with E-state index in [9.17, 15) is 38.4 Å². The van der Waals surface area contributed by atoms with Crippen molar-refractivity contribution in [3.8, 4) is 0 Å². The lowest BCUT2D eigenvalue weighted by Gasteiger charge is -2.41. The molecule has 12 heterocycles. The van der Waals surface area contributed by atoms with Crippen LogP contribution in [0.15, 0.2) is 108 Å². The molecule has 1 aliphatic carbocycles. The van der Waals surface area contributed by atoms with Gasteiger partial charge < -0.3 is 99.2 Å². The Labute approximate surface area is 778 Å². The fraction of sp³-hybridized carbons (Fsp3) is 0.500. The molecule has 8 aliphatic heterocycles. The van der Waals surface area contributed by atoms with Gasteiger partial charge in [0.1, 0.15) is 0 Å². The molecule has 4 aromatic carbocycles. The summed E-state index contributed by atoms with van der Waals surface area (Å²) in [6, 6.07) is 29.3. The van der Waals surface area contributed by atoms with Gasteiger partial charge in [0.15, 0.2) is 5.76 Å². The molecule has 8 saturated heterocycles. The number of rotatable bonds is 16. The first-order valence-electron chi connectivity index (χ1n) is 46.0. The number of carbonyl (C=O) groups excluding carboxylic acids is 8. The molecule has 700 valence electrons. The highest BCUT2D eigenvalue weighted by molar-refractivity contribution is 6.07. The standard InChI is InChI=1S/C25H32N8O2.C25H32N6O2.C25H31N5O3.C23H29N7O2/c1-26-23-28-21(29-30-23)22(34)27-19-7-6-17(18-15-31(2)24(35)32(3)16-18)14-20(19)33-12-10-25(11-13-33)8-4-5-9-25;1-25(2)8-10-31(11-9-25)22-12-17(18-15-29(4)24(33)30(5)16-18)6-7-20(22)28-23(32)21-13-19(26-3)14-27-21;1-25(2)10-12-30(13-11-25)20-14-17(18-15-28(4)24(32)29(5)16-18)6-7-19(20)27-23(31)21-8-9-22(26-3)33-21;1-15-7-9-30(10-8-15)19-11-16(17-13-28(3)23(32)29(4)14-17)5-6-18(19)26-22(31)21-25-12-20(24-2)27-21/h6-7,14,18H,4-5,8-13,15-16H2,2-3H3,(H,27,34)(H,28,29,30);6-7,12-14,18,27H,8-11,15-16H2,1-2,4-5H3,(H,28,32);6-9,14,18H,10-13,15-16H2,1-2,4-5H3,(H,27,31);5-6,11-12,15,17H,7-10,13-14H2,1,3-4H3,(H,25,27)(H,26,31). The molecule has 35 heteroatoms. The minimum Gasteiger partial charge on any atom is -0.475 e. The summed E-state index contributed by atoms with van der Waals surface area (Å²) < 4.78 is 5.31. The number of anilines is 8. The van der Waals surface area contributed by atoms with Crippen molar-refractivity contribution < 1.29 is 42.8 Å². The zero-order valence-corrected chi connectivity index (χ0v) is 78.7. The van der Waals surface area contributed by atoms with Crippen LogP contribution in [-0.2, 0) is 0 Å². The first-order valence-corrected chi connectivity index (χ1v) is 46.0. The number of aromatic nitrogens is 6. The Morgan fingerprint density at radius 2 is 0.812 bits per heavy atom. The summed E-state index contributed by atoms with van der Waals surface area (Å²) in [5.74, 6) is 0.495. The van der Waals surface area contributed by atoms with Crippen molar-refractivity contribution in [1.82, 2.24) is 69.3 Å². The van der Waals surface area contributed by atoms with E-state index in [-0.39, 0.29) is 101 Å². The summed E-state index contributed by atoms with van der Waals surface area (Å²) in [7, 11) is 14.6. The van der Waals surface area contributed by atoms with Crippen molar-refractivity contribution in [1.29, 1.82) is 0 Å². The number of nitrogens with one attached hydrogen (secondary N) is 7. The van der Waals surface area contributed by atoms with Crippen LogP contribution in [0.2, 0.25) is 0 Å². The number of amides is 12. The molecule has 7 N–H and O–H groups in total. The van der Waals surface area contributed by atoms with Gasteiger partial charge in [0.25, 0.3) is 17.6 Å². The minimum absolute atomic E-state index is 0.0105. The van der Waals surface area contributed by atoms with E-state index in [0.29, 0.717) is 91.6 Å². The molecule has 0 bridgehead atoms. The van der Waals surface area contributed by atoms with Crippen molar-refractivity contribution in [2.45, 2.75) is 135 Å². The molecule has 1 spiro atoms. The molecule has 0 unspecified atom stereocenters. The van der Waals surface area contributed by atoms with E-state index in [1.807, 2.05) is 98.8 Å². The number of aromatic amines is 3. The van der Waals surface area contributed by atoms with Crippen LogP contribution in [0, 0.1) is 48.5 Å². The van der Waals surface area contributed by atoms with Gasteiger partial charge in [0.2, 0.25) is 11.5 Å². The Hall–Kier alpha value is -14.1. The number of carbonyl (C=O) groups is 8. The normalized spacial score (nSPS) is 19.1. The van der Waals surface area contributed by atoms with Crippen molar-refractivity contribution >= 4 is 117 Å². The third kappa shape index (κ3) is 22.6. The number of imidazole rings is 1. The molecule has 0 radical (unpaired) electrons. The van der Waals surface area contributed by atoms with Gasteiger partial charge in [-0.1, -0.05) is 83.4 Å². The Kier molecular flexibility index (Phi) is 29.1. The van der Waals surface area contributed by atoms with Crippen molar-refractivity contribution in [3.05, 3.63) is 194 Å². The lowest BCUT2D eigenvalue weighted by Crippen LogP contribution is -2.49. The monoisotopic (exact) mass is 1810 g/mol. The second-order valence-electron chi connectivity index (χ2n) is 39.0. The fourth-order valence-corrected chi connectivity index (χ4v) is 19.7. The zero-order chi connectivity index (χ0) is 94.9. The third-order valence-electron chi connectivity index (χ3n) is 28.0. The fourth-order valence-electron chi connectivity index (χ4n) is 19.7. The first kappa shape index (κ1) is 95.0. The highest BCUT2D eigenvalue weighted by Gasteiger charge is 2.41. The molecule has 9 aliphatic rings. The molecular formula is C98H124N26O9. The largest absolute Gasteiger partial charge is 0.475 e. The number of piperidine rings is 4. The number of likely N-dealkylation sites (N-methyl/N-ethyl adjacent to an activating group) is 8. The summed E-state index contributed by atoms with van der Waals surface area (Å²) in [4.78, 5) is 150. The maximum atomic E-state index is 12.9. The topological polar surface area (TPSA) is 340 Å². The number of hydrogen-bond acceptors (Lipinski definition) is 16. The van der Waals surface area contributed by atoms with Gasteiger partial charge >= 0.3 is 53.6 Å². The van der Waals surface area contributed by atoms with Crippen LogP contribution < -0.4 is 40.9 Å². The molecule has 12 amide bonds. The van der Waals surface area contributed by atoms with Crippen LogP contribution in [0.3, 0.4) is 0 Å². The number of urea groups is 4. The summed E-state index contributed by atoms with van der Waals surface area (Å²) >= 11 is 0. The van der Waals surface area contributed by atoms with Crippen molar-refractivity contribution in [2.75, 3.05) is 202 Å². The van der Waals surface area contributed by atoms with E-state index in [2.05, 4.69) is 155 Å². The summed E-state index contributed by atoms with van der Waals surface area (Å²) in [6.07, 6.45) is 17.1. The Balaban J connectivity index is 0.000000143. The SMILES string of the molecule is [C-]#[N+]c1c[nH]c(C(=O)Nc2ccc(C3CN(C)C(=O)N(C)C3)cc2N2CCC(C)(C)CC2)c1.[C-]#[N+]c1ccc(C(=O)Nc2ccc(C3CN(C)C(=O)N(C)C3)cc2N2CCC(C)(C)CC2)o1.[C-]#[N+]c1cnc(C(=O)Nc2ccc(C3CN(C)C(=O)N(C)C3)cc2N2CCC(C)CC2)[nH]1.[C-]#[N+]c1nc(C(=O)Nc2ccc(C3CN(C)C(=O)N(C)C3)cc2N2CCC3(CCCC3)CC2)n[nH]1. The van der Waals surface area contributed by atoms with Crippen LogP contribution in [-0.4, -0.2) is 278 Å². The highest BCUT2D eigenvalue weighted by atomic mass is 16.4. The average molecular weight is 1810 g/mol. The predicted molar refractivity (Wildman–Crippen MR) is 514 cm³/mol. The summed E-state index contributed by atoms with van der Waals surface area (Å²) in [5.41, 5.74) is 13.4. The number of H-pyrrole nitrogens is 3. The molecular weight excluding hydrogens is 1690 g/mol. The number of hydrogen-bond donors (Lipinski definition) is 7. The van der Waals surface area contributed by atoms with Crippen LogP contribution in [0.1, 0.15) is 200 Å². The Morgan fingerprint density at radius 3 is 1.17 bits per heavy atom. The van der Waals surface area contributed by atoms with E-state index >= 15 is 0 Å². The lowest BCUT2D eigenvalue weighted by molar-refractivity contribution is 0.0993. The van der Waals surface area contributed by atoms with Crippen molar-refractivity contribution in [2.24, 2.45) is 22.2 Å². The zero-order valence-electron chi connectivity index (χ0n) is 78.7. The summed E-state index contributed by atoms with van der Waals surface area (Å²) in [5, 5.41) is 18.3. The number of nitrogens with zero attached hydrogens (tertiary/aromatic N) is 19. The smallest absolute Gasteiger partial charge is 0.357 e. The second-order valence-corrected chi connectivity index (χ2v) is 39.0. The first-order chi connectivity index (χ1) is 63.5. The van der Waals surface area contributed by atoms with E-state index in [4.69, 9.17) is 30.7 Å². The molecule has 8 aromatic rings. The number of benzene rings is 4. The Bertz CT molecular complexity index is 5540. The van der Waals surface area contributed by atoms with Crippen LogP contribution in [0.25, 0.3) is 19.4 Å². The molecule has 9 fully saturated rings. The quantitative estimate of drug-likeness (QED) is 0.0442. The van der Waals surface area contributed by atoms with Gasteiger partial charge in [0.05, 0.1) is 70.5 Å². The van der Waals surface area contributed by atoms with Crippen LogP contribution >= 0.6 is 0 Å². The van der Waals surface area contributed by atoms with Gasteiger partial charge in [-0.15, -0.1) is 11.6 Å². The maximum Gasteiger partial charge on any atom is 0.357 e. The van der Waals surface area contributed by atoms with Crippen LogP contribution in [0.5, 0.6) is 0 Å².